The first-order valence-corrected chi connectivity index (χ1v) is 5.08. The summed E-state index contributed by atoms with van der Waals surface area (Å²) in [5.41, 5.74) is 8.71. The van der Waals surface area contributed by atoms with Crippen molar-refractivity contribution in [3.05, 3.63) is 35.4 Å². The molecule has 0 aliphatic heterocycles. The molecule has 14 heavy (non-hydrogen) atoms. The van der Waals surface area contributed by atoms with E-state index in [-0.39, 0.29) is 18.4 Å². The van der Waals surface area contributed by atoms with Crippen molar-refractivity contribution in [3.63, 3.8) is 0 Å². The normalized spacial score (nSPS) is 17.3. The Labute approximate surface area is 92.1 Å². The minimum Gasteiger partial charge on any atom is -0.324 e. The number of hydrogen-bond acceptors (Lipinski definition) is 1. The lowest BCUT2D eigenvalue weighted by atomic mass is 10.0. The number of nitrogens with two attached hydrogens (primary N) is 1. The summed E-state index contributed by atoms with van der Waals surface area (Å²) in [7, 11) is 0. The number of aryl methyl sites for hydroxylation is 1. The van der Waals surface area contributed by atoms with E-state index in [1.54, 1.807) is 0 Å². The van der Waals surface area contributed by atoms with Crippen LogP contribution >= 0.6 is 12.4 Å². The minimum atomic E-state index is 0. The molecule has 78 valence electrons. The maximum Gasteiger partial charge on any atom is 0.0297 e. The molecule has 0 radical (unpaired) electrons. The van der Waals surface area contributed by atoms with E-state index in [0.29, 0.717) is 0 Å². The standard InChI is InChI=1S/C12H17N.ClH/c1-9-3-2-4-11(7-9)12(13)8-10-5-6-10;/h2-4,7,10,12H,5-6,8,13H2,1H3;1H/t12-;/m0./s1. The van der Waals surface area contributed by atoms with Crippen molar-refractivity contribution < 1.29 is 0 Å². The zero-order valence-electron chi connectivity index (χ0n) is 8.57. The highest BCUT2D eigenvalue weighted by Crippen LogP contribution is 2.36. The van der Waals surface area contributed by atoms with E-state index in [2.05, 4.69) is 31.2 Å². The molecule has 1 saturated carbocycles. The molecule has 1 aliphatic carbocycles. The van der Waals surface area contributed by atoms with Crippen LogP contribution in [0.4, 0.5) is 0 Å². The Hall–Kier alpha value is -0.530. The topological polar surface area (TPSA) is 26.0 Å². The maximum atomic E-state index is 6.10. The predicted molar refractivity (Wildman–Crippen MR) is 62.7 cm³/mol. The molecular formula is C12H18ClN. The molecule has 2 rings (SSSR count). The van der Waals surface area contributed by atoms with Crippen LogP contribution in [-0.4, -0.2) is 0 Å². The molecule has 2 N–H and O–H groups in total. The van der Waals surface area contributed by atoms with Crippen LogP contribution in [0.25, 0.3) is 0 Å². The van der Waals surface area contributed by atoms with E-state index >= 15 is 0 Å². The molecule has 0 aromatic heterocycles. The number of rotatable bonds is 3. The first-order chi connectivity index (χ1) is 6.25. The Morgan fingerprint density at radius 3 is 2.71 bits per heavy atom. The third-order valence-corrected chi connectivity index (χ3v) is 2.75. The van der Waals surface area contributed by atoms with Crippen molar-refractivity contribution in [2.75, 3.05) is 0 Å². The van der Waals surface area contributed by atoms with E-state index < -0.39 is 0 Å². The van der Waals surface area contributed by atoms with E-state index in [4.69, 9.17) is 5.73 Å². The smallest absolute Gasteiger partial charge is 0.0297 e. The number of halogens is 1. The maximum absolute atomic E-state index is 6.10. The lowest BCUT2D eigenvalue weighted by molar-refractivity contribution is 0.597. The largest absolute Gasteiger partial charge is 0.324 e. The highest BCUT2D eigenvalue weighted by Gasteiger charge is 2.24. The summed E-state index contributed by atoms with van der Waals surface area (Å²) in [6.07, 6.45) is 3.95. The highest BCUT2D eigenvalue weighted by molar-refractivity contribution is 5.85. The van der Waals surface area contributed by atoms with Crippen LogP contribution < -0.4 is 5.73 Å². The summed E-state index contributed by atoms with van der Waals surface area (Å²) < 4.78 is 0. The first-order valence-electron chi connectivity index (χ1n) is 5.08. The summed E-state index contributed by atoms with van der Waals surface area (Å²) in [5, 5.41) is 0. The van der Waals surface area contributed by atoms with Crippen molar-refractivity contribution >= 4 is 12.4 Å². The molecule has 0 heterocycles. The van der Waals surface area contributed by atoms with Gasteiger partial charge >= 0.3 is 0 Å². The van der Waals surface area contributed by atoms with Crippen LogP contribution in [0.1, 0.15) is 36.4 Å². The first kappa shape index (κ1) is 11.5. The van der Waals surface area contributed by atoms with Crippen LogP contribution in [0.2, 0.25) is 0 Å². The molecule has 1 aromatic carbocycles. The van der Waals surface area contributed by atoms with Gasteiger partial charge in [-0.1, -0.05) is 42.7 Å². The SMILES string of the molecule is Cc1cccc([C@@H](N)CC2CC2)c1.Cl. The van der Waals surface area contributed by atoms with E-state index in [9.17, 15) is 0 Å². The molecular weight excluding hydrogens is 194 g/mol. The van der Waals surface area contributed by atoms with Gasteiger partial charge in [0.15, 0.2) is 0 Å². The van der Waals surface area contributed by atoms with Crippen molar-refractivity contribution in [3.8, 4) is 0 Å². The van der Waals surface area contributed by atoms with Gasteiger partial charge in [0.05, 0.1) is 0 Å². The van der Waals surface area contributed by atoms with E-state index in [1.807, 2.05) is 0 Å². The van der Waals surface area contributed by atoms with Crippen LogP contribution in [-0.2, 0) is 0 Å². The zero-order valence-corrected chi connectivity index (χ0v) is 9.39. The fraction of sp³-hybridized carbons (Fsp3) is 0.500. The molecule has 0 bridgehead atoms. The Balaban J connectivity index is 0.000000980. The second kappa shape index (κ2) is 4.81. The summed E-state index contributed by atoms with van der Waals surface area (Å²) in [6.45, 7) is 2.12. The molecule has 1 fully saturated rings. The Kier molecular flexibility index (Phi) is 3.97. The van der Waals surface area contributed by atoms with Gasteiger partial charge in [-0.25, -0.2) is 0 Å². The van der Waals surface area contributed by atoms with Gasteiger partial charge in [0.1, 0.15) is 0 Å². The molecule has 2 heteroatoms. The minimum absolute atomic E-state index is 0. The average Bonchev–Trinajstić information content (AvgIpc) is 2.88. The summed E-state index contributed by atoms with van der Waals surface area (Å²) in [4.78, 5) is 0. The number of benzene rings is 1. The zero-order chi connectivity index (χ0) is 9.26. The fourth-order valence-corrected chi connectivity index (χ4v) is 1.75. The highest BCUT2D eigenvalue weighted by atomic mass is 35.5. The van der Waals surface area contributed by atoms with E-state index in [0.717, 1.165) is 5.92 Å². The molecule has 0 saturated heterocycles. The second-order valence-electron chi connectivity index (χ2n) is 4.20. The monoisotopic (exact) mass is 211 g/mol. The second-order valence-corrected chi connectivity index (χ2v) is 4.20. The Morgan fingerprint density at radius 2 is 2.14 bits per heavy atom. The molecule has 0 amide bonds. The van der Waals surface area contributed by atoms with Crippen LogP contribution in [0, 0.1) is 12.8 Å². The average molecular weight is 212 g/mol. The Morgan fingerprint density at radius 1 is 1.43 bits per heavy atom. The quantitative estimate of drug-likeness (QED) is 0.817. The van der Waals surface area contributed by atoms with Gasteiger partial charge in [0.25, 0.3) is 0 Å². The van der Waals surface area contributed by atoms with Crippen LogP contribution in [0.15, 0.2) is 24.3 Å². The van der Waals surface area contributed by atoms with Crippen molar-refractivity contribution in [1.29, 1.82) is 0 Å². The van der Waals surface area contributed by atoms with Crippen LogP contribution in [0.5, 0.6) is 0 Å². The number of hydrogen-bond donors (Lipinski definition) is 1. The molecule has 1 nitrogen and oxygen atoms in total. The molecule has 1 atom stereocenters. The van der Waals surface area contributed by atoms with Gasteiger partial charge in [-0.05, 0) is 24.8 Å². The molecule has 0 unspecified atom stereocenters. The molecule has 1 aliphatic rings. The van der Waals surface area contributed by atoms with Gasteiger partial charge in [0, 0.05) is 6.04 Å². The molecule has 1 aromatic rings. The Bertz CT molecular complexity index is 294. The summed E-state index contributed by atoms with van der Waals surface area (Å²) >= 11 is 0. The third kappa shape index (κ3) is 3.00. The summed E-state index contributed by atoms with van der Waals surface area (Å²) in [5.74, 6) is 0.913. The third-order valence-electron chi connectivity index (χ3n) is 2.75. The van der Waals surface area contributed by atoms with Crippen molar-refractivity contribution in [2.24, 2.45) is 11.7 Å². The lowest BCUT2D eigenvalue weighted by Gasteiger charge is -2.11. The summed E-state index contributed by atoms with van der Waals surface area (Å²) in [6, 6.07) is 8.81. The predicted octanol–water partition coefficient (Wildman–Crippen LogP) is 3.22. The van der Waals surface area contributed by atoms with Gasteiger partial charge in [-0.2, -0.15) is 0 Å². The van der Waals surface area contributed by atoms with Gasteiger partial charge < -0.3 is 5.73 Å². The van der Waals surface area contributed by atoms with Gasteiger partial charge in [-0.15, -0.1) is 12.4 Å². The fourth-order valence-electron chi connectivity index (χ4n) is 1.75. The van der Waals surface area contributed by atoms with Crippen LogP contribution in [0.3, 0.4) is 0 Å². The van der Waals surface area contributed by atoms with E-state index in [1.165, 1.54) is 30.4 Å². The lowest BCUT2D eigenvalue weighted by Crippen LogP contribution is -2.10. The van der Waals surface area contributed by atoms with Crippen molar-refractivity contribution in [1.82, 2.24) is 0 Å². The van der Waals surface area contributed by atoms with Crippen molar-refractivity contribution in [2.45, 2.75) is 32.2 Å². The molecule has 0 spiro atoms. The van der Waals surface area contributed by atoms with Gasteiger partial charge in [0.2, 0.25) is 0 Å². The van der Waals surface area contributed by atoms with Gasteiger partial charge in [-0.3, -0.25) is 0 Å².